The van der Waals surface area contributed by atoms with Crippen molar-refractivity contribution in [1.29, 1.82) is 5.41 Å². The van der Waals surface area contributed by atoms with Gasteiger partial charge in [-0.2, -0.15) is 0 Å². The molecule has 0 radical (unpaired) electrons. The largest absolute Gasteiger partial charge is 0.382 e. The minimum atomic E-state index is -0.226. The molecule has 2 heterocycles. The van der Waals surface area contributed by atoms with Crippen molar-refractivity contribution in [2.75, 3.05) is 0 Å². The lowest BCUT2D eigenvalue weighted by molar-refractivity contribution is 0.928. The monoisotopic (exact) mass is 248 g/mol. The van der Waals surface area contributed by atoms with Crippen LogP contribution < -0.4 is 11.3 Å². The Morgan fingerprint density at radius 3 is 2.76 bits per heavy atom. The van der Waals surface area contributed by atoms with Crippen LogP contribution in [0.25, 0.3) is 0 Å². The first-order valence-corrected chi connectivity index (χ1v) is 5.36. The summed E-state index contributed by atoms with van der Waals surface area (Å²) in [5.74, 6) is -0.139. The third-order valence-electron chi connectivity index (χ3n) is 1.75. The second-order valence-electron chi connectivity index (χ2n) is 2.99. The molecule has 0 aromatic carbocycles. The predicted molar refractivity (Wildman–Crippen MR) is 62.0 cm³/mol. The lowest BCUT2D eigenvalue weighted by atomic mass is 10.4. The molecule has 17 heavy (non-hydrogen) atoms. The molecule has 0 spiro atoms. The zero-order valence-electron chi connectivity index (χ0n) is 8.54. The molecule has 0 bridgehead atoms. The number of rotatable bonds is 3. The SMILES string of the molecule is N=C(N)c1cnc(Sc2nccc(=O)[nH]2)cn1. The average molecular weight is 248 g/mol. The maximum Gasteiger partial charge on any atom is 0.251 e. The molecule has 0 aliphatic carbocycles. The van der Waals surface area contributed by atoms with E-state index in [-0.39, 0.29) is 11.4 Å². The van der Waals surface area contributed by atoms with Crippen molar-refractivity contribution in [3.8, 4) is 0 Å². The van der Waals surface area contributed by atoms with Crippen LogP contribution in [0.1, 0.15) is 5.69 Å². The van der Waals surface area contributed by atoms with E-state index in [9.17, 15) is 4.79 Å². The molecule has 4 N–H and O–H groups in total. The third-order valence-corrected chi connectivity index (χ3v) is 2.57. The van der Waals surface area contributed by atoms with Crippen LogP contribution in [0.5, 0.6) is 0 Å². The maximum absolute atomic E-state index is 11.0. The van der Waals surface area contributed by atoms with E-state index in [1.54, 1.807) is 0 Å². The second kappa shape index (κ2) is 4.74. The molecule has 0 aliphatic heterocycles. The summed E-state index contributed by atoms with van der Waals surface area (Å²) in [7, 11) is 0. The first-order valence-electron chi connectivity index (χ1n) is 4.55. The normalized spacial score (nSPS) is 10.1. The summed E-state index contributed by atoms with van der Waals surface area (Å²) in [5.41, 5.74) is 5.33. The molecule has 0 fully saturated rings. The summed E-state index contributed by atoms with van der Waals surface area (Å²) in [6.07, 6.45) is 4.28. The molecule has 2 aromatic rings. The molecule has 0 saturated carbocycles. The van der Waals surface area contributed by atoms with E-state index in [4.69, 9.17) is 11.1 Å². The van der Waals surface area contributed by atoms with Crippen LogP contribution in [-0.4, -0.2) is 25.8 Å². The van der Waals surface area contributed by atoms with E-state index in [0.29, 0.717) is 15.9 Å². The first kappa shape index (κ1) is 11.3. The fourth-order valence-electron chi connectivity index (χ4n) is 1.01. The summed E-state index contributed by atoms with van der Waals surface area (Å²) in [6, 6.07) is 1.33. The highest BCUT2D eigenvalue weighted by Gasteiger charge is 2.03. The topological polar surface area (TPSA) is 121 Å². The highest BCUT2D eigenvalue weighted by Crippen LogP contribution is 2.19. The van der Waals surface area contributed by atoms with Gasteiger partial charge in [0.25, 0.3) is 5.56 Å². The van der Waals surface area contributed by atoms with Gasteiger partial charge in [-0.1, -0.05) is 0 Å². The molecule has 0 saturated heterocycles. The number of nitrogens with one attached hydrogen (secondary N) is 2. The number of aromatic nitrogens is 4. The smallest absolute Gasteiger partial charge is 0.251 e. The quantitative estimate of drug-likeness (QED) is 0.399. The van der Waals surface area contributed by atoms with E-state index in [1.807, 2.05) is 0 Å². The number of nitrogens with zero attached hydrogens (tertiary/aromatic N) is 3. The van der Waals surface area contributed by atoms with Crippen molar-refractivity contribution in [1.82, 2.24) is 19.9 Å². The summed E-state index contributed by atoms with van der Waals surface area (Å²) in [5, 5.41) is 8.16. The van der Waals surface area contributed by atoms with E-state index in [0.717, 1.165) is 0 Å². The molecular weight excluding hydrogens is 240 g/mol. The minimum absolute atomic E-state index is 0.139. The molecule has 0 unspecified atom stereocenters. The van der Waals surface area contributed by atoms with Crippen molar-refractivity contribution in [2.24, 2.45) is 5.73 Å². The van der Waals surface area contributed by atoms with Gasteiger partial charge >= 0.3 is 0 Å². The highest BCUT2D eigenvalue weighted by atomic mass is 32.2. The van der Waals surface area contributed by atoms with Gasteiger partial charge in [0.15, 0.2) is 5.16 Å². The van der Waals surface area contributed by atoms with E-state index >= 15 is 0 Å². The van der Waals surface area contributed by atoms with Crippen LogP contribution in [0.3, 0.4) is 0 Å². The Morgan fingerprint density at radius 2 is 2.18 bits per heavy atom. The second-order valence-corrected chi connectivity index (χ2v) is 4.00. The fourth-order valence-corrected chi connectivity index (χ4v) is 1.68. The number of nitrogens with two attached hydrogens (primary N) is 1. The van der Waals surface area contributed by atoms with Gasteiger partial charge in [-0.15, -0.1) is 0 Å². The average Bonchev–Trinajstić information content (AvgIpc) is 2.29. The molecule has 0 aliphatic rings. The Labute approximate surface area is 100 Å². The zero-order valence-corrected chi connectivity index (χ0v) is 9.36. The van der Waals surface area contributed by atoms with Gasteiger partial charge in [0.1, 0.15) is 16.6 Å². The van der Waals surface area contributed by atoms with Crippen molar-refractivity contribution < 1.29 is 0 Å². The van der Waals surface area contributed by atoms with Crippen LogP contribution >= 0.6 is 11.8 Å². The van der Waals surface area contributed by atoms with E-state index < -0.39 is 0 Å². The summed E-state index contributed by atoms with van der Waals surface area (Å²) in [4.78, 5) is 25.5. The molecular formula is C9H8N6OS. The van der Waals surface area contributed by atoms with Crippen LogP contribution in [0, 0.1) is 5.41 Å². The van der Waals surface area contributed by atoms with Crippen molar-refractivity contribution in [2.45, 2.75) is 10.2 Å². The lowest BCUT2D eigenvalue weighted by Gasteiger charge is -2.00. The first-order chi connectivity index (χ1) is 8.15. The van der Waals surface area contributed by atoms with Crippen LogP contribution in [0.4, 0.5) is 0 Å². The van der Waals surface area contributed by atoms with Crippen molar-refractivity contribution >= 4 is 17.6 Å². The molecule has 8 heteroatoms. The number of amidine groups is 1. The summed E-state index contributed by atoms with van der Waals surface area (Å²) >= 11 is 1.17. The van der Waals surface area contributed by atoms with Crippen molar-refractivity contribution in [3.05, 3.63) is 40.7 Å². The third kappa shape index (κ3) is 2.88. The standard InChI is InChI=1S/C9H8N6OS/c10-8(11)5-3-14-7(4-13-5)17-9-12-2-1-6(16)15-9/h1-4H,(H3,10,11)(H,12,15,16). The van der Waals surface area contributed by atoms with Gasteiger partial charge in [0.2, 0.25) is 0 Å². The molecule has 7 nitrogen and oxygen atoms in total. The van der Waals surface area contributed by atoms with Gasteiger partial charge < -0.3 is 10.7 Å². The molecule has 0 amide bonds. The van der Waals surface area contributed by atoms with Crippen LogP contribution in [0.2, 0.25) is 0 Å². The Bertz CT molecular complexity index is 593. The summed E-state index contributed by atoms with van der Waals surface area (Å²) < 4.78 is 0. The number of hydrogen-bond acceptors (Lipinski definition) is 6. The highest BCUT2D eigenvalue weighted by molar-refractivity contribution is 7.99. The molecule has 2 aromatic heterocycles. The predicted octanol–water partition coefficient (Wildman–Crippen LogP) is -0.00483. The zero-order chi connectivity index (χ0) is 12.3. The number of aromatic amines is 1. The van der Waals surface area contributed by atoms with Crippen LogP contribution in [0.15, 0.2) is 39.6 Å². The van der Waals surface area contributed by atoms with Crippen LogP contribution in [-0.2, 0) is 0 Å². The Balaban J connectivity index is 2.19. The number of H-pyrrole nitrogens is 1. The van der Waals surface area contributed by atoms with E-state index in [2.05, 4.69) is 19.9 Å². The van der Waals surface area contributed by atoms with Gasteiger partial charge in [0, 0.05) is 12.3 Å². The maximum atomic E-state index is 11.0. The number of hydrogen-bond donors (Lipinski definition) is 3. The fraction of sp³-hybridized carbons (Fsp3) is 0. The Kier molecular flexibility index (Phi) is 3.15. The van der Waals surface area contributed by atoms with Gasteiger partial charge in [-0.3, -0.25) is 10.2 Å². The molecule has 0 atom stereocenters. The molecule has 2 rings (SSSR count). The van der Waals surface area contributed by atoms with Gasteiger partial charge in [0.05, 0.1) is 12.4 Å². The lowest BCUT2D eigenvalue weighted by Crippen LogP contribution is -2.13. The molecule has 86 valence electrons. The number of nitrogen functional groups attached to an aromatic ring is 1. The minimum Gasteiger partial charge on any atom is -0.382 e. The van der Waals surface area contributed by atoms with Crippen molar-refractivity contribution in [3.63, 3.8) is 0 Å². The van der Waals surface area contributed by atoms with E-state index in [1.165, 1.54) is 36.4 Å². The Morgan fingerprint density at radius 1 is 1.35 bits per heavy atom. The summed E-state index contributed by atoms with van der Waals surface area (Å²) in [6.45, 7) is 0. The Hall–Kier alpha value is -2.22. The van der Waals surface area contributed by atoms with Gasteiger partial charge in [-0.25, -0.2) is 15.0 Å². The van der Waals surface area contributed by atoms with Gasteiger partial charge in [-0.05, 0) is 11.8 Å².